The summed E-state index contributed by atoms with van der Waals surface area (Å²) in [6, 6.07) is 0. The molecule has 2 aliphatic rings. The van der Waals surface area contributed by atoms with Gasteiger partial charge in [0.1, 0.15) is 0 Å². The van der Waals surface area contributed by atoms with Crippen molar-refractivity contribution in [2.45, 2.75) is 25.9 Å². The molecule has 11 heavy (non-hydrogen) atoms. The van der Waals surface area contributed by atoms with E-state index in [-0.39, 0.29) is 5.97 Å². The molecule has 4 heteroatoms. The standard InChI is InChI=1S/C7H9NO3/c1-4-8-11-6(5-2-3-5)7(9)10-4/h5-6H,2-3H2,1H3. The second-order valence-electron chi connectivity index (χ2n) is 2.89. The van der Waals surface area contributed by atoms with Gasteiger partial charge in [-0.2, -0.15) is 0 Å². The number of hydrogen-bond acceptors (Lipinski definition) is 4. The van der Waals surface area contributed by atoms with E-state index in [9.17, 15) is 4.79 Å². The van der Waals surface area contributed by atoms with Crippen molar-refractivity contribution in [3.05, 3.63) is 0 Å². The fraction of sp³-hybridized carbons (Fsp3) is 0.714. The molecule has 0 radical (unpaired) electrons. The van der Waals surface area contributed by atoms with Gasteiger partial charge in [-0.25, -0.2) is 4.79 Å². The number of rotatable bonds is 1. The Kier molecular flexibility index (Phi) is 1.34. The quantitative estimate of drug-likeness (QED) is 0.523. The molecule has 0 spiro atoms. The first-order valence-electron chi connectivity index (χ1n) is 3.69. The summed E-state index contributed by atoms with van der Waals surface area (Å²) in [4.78, 5) is 16.0. The molecule has 1 aliphatic heterocycles. The smallest absolute Gasteiger partial charge is 0.357 e. The van der Waals surface area contributed by atoms with Crippen molar-refractivity contribution >= 4 is 11.9 Å². The Morgan fingerprint density at radius 3 is 2.82 bits per heavy atom. The summed E-state index contributed by atoms with van der Waals surface area (Å²) < 4.78 is 4.79. The van der Waals surface area contributed by atoms with Crippen LogP contribution >= 0.6 is 0 Å². The number of oxime groups is 1. The summed E-state index contributed by atoms with van der Waals surface area (Å²) in [5.41, 5.74) is 0. The van der Waals surface area contributed by atoms with Gasteiger partial charge in [0.2, 0.25) is 12.0 Å². The van der Waals surface area contributed by atoms with Gasteiger partial charge in [-0.3, -0.25) is 0 Å². The zero-order valence-electron chi connectivity index (χ0n) is 6.24. The third kappa shape index (κ3) is 1.20. The summed E-state index contributed by atoms with van der Waals surface area (Å²) in [5.74, 6) is 0.353. The summed E-state index contributed by atoms with van der Waals surface area (Å²) >= 11 is 0. The van der Waals surface area contributed by atoms with Crippen molar-refractivity contribution in [1.29, 1.82) is 0 Å². The average molecular weight is 155 g/mol. The van der Waals surface area contributed by atoms with Crippen LogP contribution in [0.1, 0.15) is 19.8 Å². The van der Waals surface area contributed by atoms with Gasteiger partial charge in [0.15, 0.2) is 0 Å². The second-order valence-corrected chi connectivity index (χ2v) is 2.89. The van der Waals surface area contributed by atoms with Gasteiger partial charge < -0.3 is 9.57 Å². The Morgan fingerprint density at radius 2 is 2.27 bits per heavy atom. The van der Waals surface area contributed by atoms with E-state index < -0.39 is 6.10 Å². The largest absolute Gasteiger partial charge is 0.406 e. The van der Waals surface area contributed by atoms with Gasteiger partial charge >= 0.3 is 5.97 Å². The zero-order chi connectivity index (χ0) is 7.84. The summed E-state index contributed by atoms with van der Waals surface area (Å²) in [6.07, 6.45) is 1.67. The molecule has 1 fully saturated rings. The molecule has 0 aromatic carbocycles. The minimum Gasteiger partial charge on any atom is -0.406 e. The SMILES string of the molecule is CC1=NOC(C2CC2)C(=O)O1. The lowest BCUT2D eigenvalue weighted by Crippen LogP contribution is -2.32. The molecule has 0 N–H and O–H groups in total. The van der Waals surface area contributed by atoms with Crippen LogP contribution in [0.4, 0.5) is 0 Å². The van der Waals surface area contributed by atoms with Crippen LogP contribution in [0.2, 0.25) is 0 Å². The minimum atomic E-state index is -0.432. The van der Waals surface area contributed by atoms with Gasteiger partial charge in [0, 0.05) is 12.8 Å². The maximum atomic E-state index is 11.1. The lowest BCUT2D eigenvalue weighted by Gasteiger charge is -2.17. The highest BCUT2D eigenvalue weighted by Crippen LogP contribution is 2.35. The summed E-state index contributed by atoms with van der Waals surface area (Å²) in [7, 11) is 0. The highest BCUT2D eigenvalue weighted by molar-refractivity contribution is 5.90. The predicted molar refractivity (Wildman–Crippen MR) is 36.8 cm³/mol. The van der Waals surface area contributed by atoms with Gasteiger partial charge in [-0.1, -0.05) is 5.16 Å². The second kappa shape index (κ2) is 2.22. The maximum Gasteiger partial charge on any atom is 0.357 e. The third-order valence-electron chi connectivity index (χ3n) is 1.83. The lowest BCUT2D eigenvalue weighted by atomic mass is 10.2. The van der Waals surface area contributed by atoms with E-state index in [4.69, 9.17) is 9.57 Å². The number of carbonyl (C=O) groups is 1. The van der Waals surface area contributed by atoms with Crippen molar-refractivity contribution in [3.8, 4) is 0 Å². The van der Waals surface area contributed by atoms with E-state index in [1.54, 1.807) is 6.92 Å². The van der Waals surface area contributed by atoms with Crippen molar-refractivity contribution in [1.82, 2.24) is 0 Å². The molecular weight excluding hydrogens is 146 g/mol. The fourth-order valence-corrected chi connectivity index (χ4v) is 1.07. The van der Waals surface area contributed by atoms with Gasteiger partial charge in [0.25, 0.3) is 0 Å². The predicted octanol–water partition coefficient (Wildman–Crippen LogP) is 0.672. The van der Waals surface area contributed by atoms with E-state index >= 15 is 0 Å². The Bertz CT molecular complexity index is 220. The average Bonchev–Trinajstić information content (AvgIpc) is 2.70. The first kappa shape index (κ1) is 6.64. The van der Waals surface area contributed by atoms with Crippen molar-refractivity contribution < 1.29 is 14.4 Å². The lowest BCUT2D eigenvalue weighted by molar-refractivity contribution is -0.155. The summed E-state index contributed by atoms with van der Waals surface area (Å²) in [5, 5.41) is 3.60. The molecule has 0 amide bonds. The van der Waals surface area contributed by atoms with Crippen LogP contribution in [-0.2, 0) is 14.4 Å². The van der Waals surface area contributed by atoms with Gasteiger partial charge in [-0.15, -0.1) is 0 Å². The van der Waals surface area contributed by atoms with E-state index in [0.29, 0.717) is 11.8 Å². The number of carbonyl (C=O) groups excluding carboxylic acids is 1. The molecule has 60 valence electrons. The Morgan fingerprint density at radius 1 is 1.55 bits per heavy atom. The van der Waals surface area contributed by atoms with Crippen molar-refractivity contribution in [3.63, 3.8) is 0 Å². The Labute approximate surface area is 64.2 Å². The topological polar surface area (TPSA) is 47.9 Å². The van der Waals surface area contributed by atoms with E-state index in [2.05, 4.69) is 5.16 Å². The first-order valence-corrected chi connectivity index (χ1v) is 3.69. The van der Waals surface area contributed by atoms with Crippen LogP contribution in [-0.4, -0.2) is 18.0 Å². The molecule has 0 aromatic heterocycles. The van der Waals surface area contributed by atoms with Gasteiger partial charge in [-0.05, 0) is 12.8 Å². The number of cyclic esters (lactones) is 1. The number of ether oxygens (including phenoxy) is 1. The molecule has 1 aliphatic carbocycles. The van der Waals surface area contributed by atoms with Crippen LogP contribution in [0, 0.1) is 5.92 Å². The zero-order valence-corrected chi connectivity index (χ0v) is 6.24. The van der Waals surface area contributed by atoms with Gasteiger partial charge in [0.05, 0.1) is 0 Å². The van der Waals surface area contributed by atoms with Crippen LogP contribution in [0.3, 0.4) is 0 Å². The number of nitrogens with zero attached hydrogens (tertiary/aromatic N) is 1. The molecular formula is C7H9NO3. The first-order chi connectivity index (χ1) is 5.27. The molecule has 1 atom stereocenters. The molecule has 1 saturated carbocycles. The molecule has 4 nitrogen and oxygen atoms in total. The Hall–Kier alpha value is -1.06. The number of hydrogen-bond donors (Lipinski definition) is 0. The molecule has 1 heterocycles. The van der Waals surface area contributed by atoms with Crippen LogP contribution in [0.15, 0.2) is 5.16 Å². The van der Waals surface area contributed by atoms with E-state index in [1.165, 1.54) is 0 Å². The molecule has 0 saturated heterocycles. The Balaban J connectivity index is 2.07. The third-order valence-corrected chi connectivity index (χ3v) is 1.83. The van der Waals surface area contributed by atoms with E-state index in [1.807, 2.05) is 0 Å². The highest BCUT2D eigenvalue weighted by atomic mass is 16.7. The van der Waals surface area contributed by atoms with Crippen molar-refractivity contribution in [2.75, 3.05) is 0 Å². The fourth-order valence-electron chi connectivity index (χ4n) is 1.07. The normalized spacial score (nSPS) is 30.5. The highest BCUT2D eigenvalue weighted by Gasteiger charge is 2.41. The molecule has 1 unspecified atom stereocenters. The van der Waals surface area contributed by atoms with Crippen LogP contribution in [0.5, 0.6) is 0 Å². The number of esters is 1. The van der Waals surface area contributed by atoms with Crippen LogP contribution in [0.25, 0.3) is 0 Å². The monoisotopic (exact) mass is 155 g/mol. The minimum absolute atomic E-state index is 0.292. The molecule has 0 bridgehead atoms. The maximum absolute atomic E-state index is 11.1. The van der Waals surface area contributed by atoms with E-state index in [0.717, 1.165) is 12.8 Å². The van der Waals surface area contributed by atoms with Crippen LogP contribution < -0.4 is 0 Å². The van der Waals surface area contributed by atoms with Crippen molar-refractivity contribution in [2.24, 2.45) is 11.1 Å². The molecule has 2 rings (SSSR count). The molecule has 0 aromatic rings. The summed E-state index contributed by atoms with van der Waals surface area (Å²) in [6.45, 7) is 1.60.